The van der Waals surface area contributed by atoms with Gasteiger partial charge in [0.25, 0.3) is 0 Å². The van der Waals surface area contributed by atoms with E-state index in [0.717, 1.165) is 12.0 Å². The summed E-state index contributed by atoms with van der Waals surface area (Å²) in [6.07, 6.45) is 4.56. The van der Waals surface area contributed by atoms with Crippen molar-refractivity contribution in [2.24, 2.45) is 5.90 Å². The molecule has 0 radical (unpaired) electrons. The van der Waals surface area contributed by atoms with Crippen LogP contribution in [0.4, 0.5) is 0 Å². The van der Waals surface area contributed by atoms with Crippen LogP contribution in [0.15, 0.2) is 35.2 Å². The molecule has 1 rings (SSSR count). The quantitative estimate of drug-likeness (QED) is 0.621. The second kappa shape index (κ2) is 6.54. The molecule has 17 heavy (non-hydrogen) atoms. The molecule has 0 aliphatic heterocycles. The molecule has 5 heteroatoms. The fourth-order valence-electron chi connectivity index (χ4n) is 1.31. The van der Waals surface area contributed by atoms with E-state index in [-0.39, 0.29) is 5.75 Å². The lowest BCUT2D eigenvalue weighted by molar-refractivity contribution is 0.143. The molecule has 94 valence electrons. The summed E-state index contributed by atoms with van der Waals surface area (Å²) in [7, 11) is -3.10. The summed E-state index contributed by atoms with van der Waals surface area (Å²) < 4.78 is 23.1. The molecular formula is C12H17NO3S. The molecule has 0 aliphatic carbocycles. The van der Waals surface area contributed by atoms with E-state index in [1.54, 1.807) is 31.2 Å². The van der Waals surface area contributed by atoms with Crippen molar-refractivity contribution >= 4 is 15.9 Å². The zero-order valence-electron chi connectivity index (χ0n) is 9.80. The summed E-state index contributed by atoms with van der Waals surface area (Å²) in [4.78, 5) is 4.79. The van der Waals surface area contributed by atoms with Crippen LogP contribution < -0.4 is 5.90 Å². The summed E-state index contributed by atoms with van der Waals surface area (Å²) in [5.41, 5.74) is 0.956. The summed E-state index contributed by atoms with van der Waals surface area (Å²) in [5, 5.41) is 0. The van der Waals surface area contributed by atoms with Crippen LogP contribution in [0.5, 0.6) is 0 Å². The average Bonchev–Trinajstić information content (AvgIpc) is 2.35. The SMILES string of the molecule is CCS(=O)(=O)c1ccc(/C=C/CCON)cc1. The predicted molar refractivity (Wildman–Crippen MR) is 68.0 cm³/mol. The van der Waals surface area contributed by atoms with Gasteiger partial charge in [0, 0.05) is 0 Å². The number of rotatable bonds is 6. The first kappa shape index (κ1) is 13.9. The van der Waals surface area contributed by atoms with Crippen molar-refractivity contribution in [2.45, 2.75) is 18.2 Å². The predicted octanol–water partition coefficient (Wildman–Crippen LogP) is 1.77. The van der Waals surface area contributed by atoms with Gasteiger partial charge in [-0.25, -0.2) is 14.3 Å². The van der Waals surface area contributed by atoms with Crippen molar-refractivity contribution < 1.29 is 13.3 Å². The highest BCUT2D eigenvalue weighted by Gasteiger charge is 2.09. The monoisotopic (exact) mass is 255 g/mol. The van der Waals surface area contributed by atoms with Crippen LogP contribution in [0.25, 0.3) is 6.08 Å². The van der Waals surface area contributed by atoms with Crippen molar-refractivity contribution in [2.75, 3.05) is 12.4 Å². The topological polar surface area (TPSA) is 69.4 Å². The molecule has 0 aliphatic rings. The van der Waals surface area contributed by atoms with E-state index in [4.69, 9.17) is 5.90 Å². The van der Waals surface area contributed by atoms with Crippen molar-refractivity contribution in [3.05, 3.63) is 35.9 Å². The van der Waals surface area contributed by atoms with E-state index in [2.05, 4.69) is 4.84 Å². The van der Waals surface area contributed by atoms with Crippen LogP contribution in [0.3, 0.4) is 0 Å². The summed E-state index contributed by atoms with van der Waals surface area (Å²) in [5.74, 6) is 5.01. The highest BCUT2D eigenvalue weighted by Crippen LogP contribution is 2.13. The van der Waals surface area contributed by atoms with E-state index >= 15 is 0 Å². The minimum atomic E-state index is -3.10. The van der Waals surface area contributed by atoms with E-state index in [0.29, 0.717) is 11.5 Å². The molecule has 4 nitrogen and oxygen atoms in total. The van der Waals surface area contributed by atoms with Crippen LogP contribution >= 0.6 is 0 Å². The minimum Gasteiger partial charge on any atom is -0.304 e. The van der Waals surface area contributed by atoms with Crippen LogP contribution in [-0.2, 0) is 14.7 Å². The van der Waals surface area contributed by atoms with Gasteiger partial charge in [0.1, 0.15) is 0 Å². The van der Waals surface area contributed by atoms with Gasteiger partial charge < -0.3 is 4.84 Å². The molecule has 0 bridgehead atoms. The van der Waals surface area contributed by atoms with Crippen LogP contribution in [0.1, 0.15) is 18.9 Å². The van der Waals surface area contributed by atoms with E-state index in [9.17, 15) is 8.42 Å². The standard InChI is InChI=1S/C12H17NO3S/c1-2-17(14,15)12-8-6-11(7-9-12)5-3-4-10-16-13/h3,5-9H,2,4,10,13H2,1H3/b5-3+. The average molecular weight is 255 g/mol. The fourth-order valence-corrected chi connectivity index (χ4v) is 2.19. The van der Waals surface area contributed by atoms with Crippen LogP contribution in [0, 0.1) is 0 Å². The van der Waals surface area contributed by atoms with Crippen molar-refractivity contribution in [3.63, 3.8) is 0 Å². The van der Waals surface area contributed by atoms with Gasteiger partial charge in [-0.15, -0.1) is 0 Å². The van der Waals surface area contributed by atoms with E-state index in [1.807, 2.05) is 12.2 Å². The smallest absolute Gasteiger partial charge is 0.178 e. The maximum atomic E-state index is 11.6. The maximum absolute atomic E-state index is 11.6. The Morgan fingerprint density at radius 1 is 1.29 bits per heavy atom. The van der Waals surface area contributed by atoms with Gasteiger partial charge in [-0.3, -0.25) is 0 Å². The highest BCUT2D eigenvalue weighted by atomic mass is 32.2. The Bertz CT molecular complexity index is 463. The molecule has 0 atom stereocenters. The molecule has 0 aromatic heterocycles. The summed E-state index contributed by atoms with van der Waals surface area (Å²) in [6, 6.07) is 6.81. The molecule has 0 amide bonds. The number of sulfone groups is 1. The Labute approximate surface area is 102 Å². The second-order valence-electron chi connectivity index (χ2n) is 3.53. The molecular weight excluding hydrogens is 238 g/mol. The van der Waals surface area contributed by atoms with Gasteiger partial charge in [-0.2, -0.15) is 0 Å². The maximum Gasteiger partial charge on any atom is 0.178 e. The molecule has 1 aromatic rings. The van der Waals surface area contributed by atoms with Gasteiger partial charge in [0.15, 0.2) is 9.84 Å². The summed E-state index contributed by atoms with van der Waals surface area (Å²) in [6.45, 7) is 2.11. The highest BCUT2D eigenvalue weighted by molar-refractivity contribution is 7.91. The van der Waals surface area contributed by atoms with Crippen molar-refractivity contribution in [1.82, 2.24) is 0 Å². The first-order valence-corrected chi connectivity index (χ1v) is 7.06. The Balaban J connectivity index is 2.72. The van der Waals surface area contributed by atoms with Crippen LogP contribution in [0.2, 0.25) is 0 Å². The normalized spacial score (nSPS) is 12.1. The van der Waals surface area contributed by atoms with Gasteiger partial charge in [0.2, 0.25) is 0 Å². The Kier molecular flexibility index (Phi) is 5.34. The van der Waals surface area contributed by atoms with Gasteiger partial charge in [-0.1, -0.05) is 31.2 Å². The largest absolute Gasteiger partial charge is 0.304 e. The second-order valence-corrected chi connectivity index (χ2v) is 5.81. The van der Waals surface area contributed by atoms with Gasteiger partial charge in [-0.05, 0) is 24.1 Å². The van der Waals surface area contributed by atoms with E-state index < -0.39 is 9.84 Å². The van der Waals surface area contributed by atoms with Gasteiger partial charge >= 0.3 is 0 Å². The number of hydrogen-bond acceptors (Lipinski definition) is 4. The molecule has 0 saturated heterocycles. The zero-order chi connectivity index (χ0) is 12.7. The Morgan fingerprint density at radius 2 is 1.94 bits per heavy atom. The molecule has 0 heterocycles. The number of hydrogen-bond donors (Lipinski definition) is 1. The van der Waals surface area contributed by atoms with Crippen molar-refractivity contribution in [1.29, 1.82) is 0 Å². The lowest BCUT2D eigenvalue weighted by atomic mass is 10.2. The number of nitrogens with two attached hydrogens (primary N) is 1. The lowest BCUT2D eigenvalue weighted by Gasteiger charge is -2.01. The van der Waals surface area contributed by atoms with E-state index in [1.165, 1.54) is 0 Å². The third-order valence-corrected chi connectivity index (χ3v) is 4.08. The molecule has 0 fully saturated rings. The molecule has 0 saturated carbocycles. The molecule has 0 spiro atoms. The fraction of sp³-hybridized carbons (Fsp3) is 0.333. The third-order valence-electron chi connectivity index (χ3n) is 2.33. The molecule has 0 unspecified atom stereocenters. The van der Waals surface area contributed by atoms with Gasteiger partial charge in [0.05, 0.1) is 17.3 Å². The van der Waals surface area contributed by atoms with Crippen molar-refractivity contribution in [3.8, 4) is 0 Å². The first-order valence-electron chi connectivity index (χ1n) is 5.41. The molecule has 2 N–H and O–H groups in total. The Hall–Kier alpha value is -1.17. The minimum absolute atomic E-state index is 0.121. The lowest BCUT2D eigenvalue weighted by Crippen LogP contribution is -2.03. The number of benzene rings is 1. The summed E-state index contributed by atoms with van der Waals surface area (Å²) >= 11 is 0. The first-order chi connectivity index (χ1) is 8.10. The molecule has 1 aromatic carbocycles. The Morgan fingerprint density at radius 3 is 2.47 bits per heavy atom. The zero-order valence-corrected chi connectivity index (χ0v) is 10.6. The van der Waals surface area contributed by atoms with Crippen LogP contribution in [-0.4, -0.2) is 20.8 Å². The third kappa shape index (κ3) is 4.30.